The summed E-state index contributed by atoms with van der Waals surface area (Å²) in [6, 6.07) is 13.0. The Balaban J connectivity index is 2.13. The van der Waals surface area contributed by atoms with Crippen molar-refractivity contribution in [2.45, 2.75) is 13.8 Å². The first kappa shape index (κ1) is 16.9. The number of nitrogens with zero attached hydrogens (tertiary/aromatic N) is 2. The highest BCUT2D eigenvalue weighted by Gasteiger charge is 2.13. The fourth-order valence-electron chi connectivity index (χ4n) is 2.42. The summed E-state index contributed by atoms with van der Waals surface area (Å²) < 4.78 is 0. The van der Waals surface area contributed by atoms with Crippen molar-refractivity contribution in [2.24, 2.45) is 0 Å². The first-order valence-corrected chi connectivity index (χ1v) is 7.57. The lowest BCUT2D eigenvalue weighted by atomic mass is 10.1. The van der Waals surface area contributed by atoms with E-state index in [1.54, 1.807) is 30.1 Å². The number of carbonyl (C=O) groups excluding carboxylic acids is 1. The van der Waals surface area contributed by atoms with Crippen molar-refractivity contribution < 1.29 is 4.79 Å². The maximum absolute atomic E-state index is 12.3. The van der Waals surface area contributed by atoms with Crippen molar-refractivity contribution in [1.82, 2.24) is 0 Å². The van der Waals surface area contributed by atoms with Gasteiger partial charge < -0.3 is 10.2 Å². The number of aryl methyl sites for hydroxylation is 2. The lowest BCUT2D eigenvalue weighted by Crippen LogP contribution is -2.31. The van der Waals surface area contributed by atoms with Crippen molar-refractivity contribution in [3.05, 3.63) is 58.1 Å². The van der Waals surface area contributed by atoms with E-state index in [4.69, 9.17) is 11.6 Å². The van der Waals surface area contributed by atoms with Crippen LogP contribution < -0.4 is 10.2 Å². The van der Waals surface area contributed by atoms with Crippen LogP contribution in [0.1, 0.15) is 16.7 Å². The molecule has 2 rings (SSSR count). The van der Waals surface area contributed by atoms with Crippen LogP contribution in [0, 0.1) is 25.2 Å². The number of likely N-dealkylation sites (N-methyl/N-ethyl adjacent to an activating group) is 1. The summed E-state index contributed by atoms with van der Waals surface area (Å²) in [6.07, 6.45) is 0. The predicted molar refractivity (Wildman–Crippen MR) is 94.0 cm³/mol. The smallest absolute Gasteiger partial charge is 0.243 e. The zero-order valence-corrected chi connectivity index (χ0v) is 14.1. The van der Waals surface area contributed by atoms with E-state index in [-0.39, 0.29) is 12.5 Å². The van der Waals surface area contributed by atoms with Crippen LogP contribution in [-0.4, -0.2) is 19.5 Å². The molecule has 4 nitrogen and oxygen atoms in total. The Morgan fingerprint density at radius 2 is 1.91 bits per heavy atom. The van der Waals surface area contributed by atoms with Gasteiger partial charge in [-0.1, -0.05) is 29.8 Å². The van der Waals surface area contributed by atoms with Gasteiger partial charge in [-0.15, -0.1) is 0 Å². The summed E-state index contributed by atoms with van der Waals surface area (Å²) in [7, 11) is 1.77. The fraction of sp³-hybridized carbons (Fsp3) is 0.222. The van der Waals surface area contributed by atoms with Gasteiger partial charge in [-0.2, -0.15) is 5.26 Å². The second-order valence-corrected chi connectivity index (χ2v) is 5.88. The normalized spacial score (nSPS) is 10.0. The molecule has 0 atom stereocenters. The van der Waals surface area contributed by atoms with E-state index < -0.39 is 0 Å². The number of benzene rings is 2. The molecule has 0 saturated heterocycles. The van der Waals surface area contributed by atoms with Crippen molar-refractivity contribution in [2.75, 3.05) is 23.8 Å². The van der Waals surface area contributed by atoms with E-state index in [9.17, 15) is 10.1 Å². The maximum atomic E-state index is 12.3. The Hall–Kier alpha value is -2.51. The van der Waals surface area contributed by atoms with E-state index in [1.807, 2.05) is 32.0 Å². The van der Waals surface area contributed by atoms with Gasteiger partial charge in [0.2, 0.25) is 5.91 Å². The molecule has 0 aliphatic carbocycles. The minimum atomic E-state index is -0.135. The van der Waals surface area contributed by atoms with Gasteiger partial charge in [0.1, 0.15) is 6.07 Å². The Labute approximate surface area is 141 Å². The van der Waals surface area contributed by atoms with E-state index >= 15 is 0 Å². The molecule has 0 spiro atoms. The molecule has 0 aliphatic rings. The first-order chi connectivity index (χ1) is 10.9. The van der Waals surface area contributed by atoms with Crippen molar-refractivity contribution >= 4 is 28.9 Å². The van der Waals surface area contributed by atoms with Gasteiger partial charge in [0.05, 0.1) is 17.8 Å². The van der Waals surface area contributed by atoms with Crippen LogP contribution in [0.5, 0.6) is 0 Å². The summed E-state index contributed by atoms with van der Waals surface area (Å²) in [5.74, 6) is -0.135. The second-order valence-electron chi connectivity index (χ2n) is 5.44. The third kappa shape index (κ3) is 4.02. The minimum absolute atomic E-state index is 0.135. The van der Waals surface area contributed by atoms with Crippen LogP contribution in [0.25, 0.3) is 0 Å². The number of hydrogen-bond acceptors (Lipinski definition) is 3. The quantitative estimate of drug-likeness (QED) is 0.926. The summed E-state index contributed by atoms with van der Waals surface area (Å²) in [6.45, 7) is 4.06. The molecule has 0 aromatic heterocycles. The molecule has 0 bridgehead atoms. The summed E-state index contributed by atoms with van der Waals surface area (Å²) in [5, 5.41) is 12.6. The molecule has 0 heterocycles. The molecule has 0 radical (unpaired) electrons. The number of para-hydroxylation sites is 1. The monoisotopic (exact) mass is 327 g/mol. The van der Waals surface area contributed by atoms with Gasteiger partial charge in [0, 0.05) is 17.8 Å². The molecule has 2 aromatic carbocycles. The molecule has 0 saturated carbocycles. The number of carbonyl (C=O) groups is 1. The topological polar surface area (TPSA) is 56.1 Å². The van der Waals surface area contributed by atoms with E-state index in [0.29, 0.717) is 16.3 Å². The van der Waals surface area contributed by atoms with E-state index in [0.717, 1.165) is 16.8 Å². The Kier molecular flexibility index (Phi) is 5.25. The highest BCUT2D eigenvalue weighted by Crippen LogP contribution is 2.23. The van der Waals surface area contributed by atoms with Gasteiger partial charge in [0.15, 0.2) is 0 Å². The molecule has 0 fully saturated rings. The molecule has 5 heteroatoms. The SMILES string of the molecule is Cc1cccc(C)c1NC(=O)CN(C)c1ccc(Cl)cc1C#N. The molecule has 1 N–H and O–H groups in total. The highest BCUT2D eigenvalue weighted by molar-refractivity contribution is 6.30. The average molecular weight is 328 g/mol. The highest BCUT2D eigenvalue weighted by atomic mass is 35.5. The van der Waals surface area contributed by atoms with Crippen LogP contribution in [0.2, 0.25) is 5.02 Å². The molecular formula is C18H18ClN3O. The van der Waals surface area contributed by atoms with Gasteiger partial charge in [-0.05, 0) is 43.2 Å². The Morgan fingerprint density at radius 3 is 2.52 bits per heavy atom. The molecule has 0 aliphatic heterocycles. The van der Waals surface area contributed by atoms with Crippen molar-refractivity contribution in [3.8, 4) is 6.07 Å². The van der Waals surface area contributed by atoms with Gasteiger partial charge in [0.25, 0.3) is 0 Å². The number of rotatable bonds is 4. The molecule has 0 unspecified atom stereocenters. The Morgan fingerprint density at radius 1 is 1.26 bits per heavy atom. The summed E-state index contributed by atoms with van der Waals surface area (Å²) >= 11 is 5.90. The number of anilines is 2. The number of halogens is 1. The van der Waals surface area contributed by atoms with Gasteiger partial charge in [-0.3, -0.25) is 4.79 Å². The largest absolute Gasteiger partial charge is 0.364 e. The standard InChI is InChI=1S/C18H18ClN3O/c1-12-5-4-6-13(2)18(12)21-17(23)11-22(3)16-8-7-15(19)9-14(16)10-20/h4-9H,11H2,1-3H3,(H,21,23). The molecular weight excluding hydrogens is 310 g/mol. The fourth-order valence-corrected chi connectivity index (χ4v) is 2.59. The number of nitrogens with one attached hydrogen (secondary N) is 1. The third-order valence-electron chi connectivity index (χ3n) is 3.62. The predicted octanol–water partition coefficient (Wildman–Crippen LogP) is 3.90. The van der Waals surface area contributed by atoms with Crippen LogP contribution in [0.15, 0.2) is 36.4 Å². The van der Waals surface area contributed by atoms with E-state index in [2.05, 4.69) is 11.4 Å². The van der Waals surface area contributed by atoms with Crippen molar-refractivity contribution in [3.63, 3.8) is 0 Å². The zero-order valence-electron chi connectivity index (χ0n) is 13.4. The minimum Gasteiger partial charge on any atom is -0.364 e. The lowest BCUT2D eigenvalue weighted by molar-refractivity contribution is -0.114. The van der Waals surface area contributed by atoms with Crippen LogP contribution in [0.3, 0.4) is 0 Å². The maximum Gasteiger partial charge on any atom is 0.243 e. The van der Waals surface area contributed by atoms with Gasteiger partial charge >= 0.3 is 0 Å². The third-order valence-corrected chi connectivity index (χ3v) is 3.85. The molecule has 118 valence electrons. The van der Waals surface area contributed by atoms with Crippen LogP contribution in [-0.2, 0) is 4.79 Å². The average Bonchev–Trinajstić information content (AvgIpc) is 2.50. The second kappa shape index (κ2) is 7.17. The molecule has 1 amide bonds. The van der Waals surface area contributed by atoms with Crippen LogP contribution in [0.4, 0.5) is 11.4 Å². The first-order valence-electron chi connectivity index (χ1n) is 7.19. The zero-order chi connectivity index (χ0) is 17.0. The van der Waals surface area contributed by atoms with Crippen molar-refractivity contribution in [1.29, 1.82) is 5.26 Å². The molecule has 23 heavy (non-hydrogen) atoms. The number of nitriles is 1. The van der Waals surface area contributed by atoms with Crippen LogP contribution >= 0.6 is 11.6 Å². The van der Waals surface area contributed by atoms with E-state index in [1.165, 1.54) is 0 Å². The lowest BCUT2D eigenvalue weighted by Gasteiger charge is -2.21. The van der Waals surface area contributed by atoms with Gasteiger partial charge in [-0.25, -0.2) is 0 Å². The Bertz CT molecular complexity index is 760. The number of hydrogen-bond donors (Lipinski definition) is 1. The summed E-state index contributed by atoms with van der Waals surface area (Å²) in [4.78, 5) is 14.0. The number of amides is 1. The molecule has 2 aromatic rings. The summed E-state index contributed by atoms with van der Waals surface area (Å²) in [5.41, 5.74) is 3.99.